The zero-order valence-corrected chi connectivity index (χ0v) is 10.4. The van der Waals surface area contributed by atoms with Crippen LogP contribution < -0.4 is 19.9 Å². The Labute approximate surface area is 110 Å². The maximum Gasteiger partial charge on any atom is 0.322 e. The fraction of sp³-hybridized carbons (Fsp3) is 0.231. The van der Waals surface area contributed by atoms with Crippen molar-refractivity contribution in [3.63, 3.8) is 0 Å². The molecule has 1 aromatic heterocycles. The van der Waals surface area contributed by atoms with E-state index in [1.165, 1.54) is 0 Å². The Morgan fingerprint density at radius 3 is 2.89 bits per heavy atom. The first-order chi connectivity index (χ1) is 9.24. The molecule has 0 bridgehead atoms. The first kappa shape index (κ1) is 11.7. The minimum absolute atomic E-state index is 0.233. The second-order valence-corrected chi connectivity index (χ2v) is 4.10. The van der Waals surface area contributed by atoms with Crippen LogP contribution in [0.4, 0.5) is 0 Å². The van der Waals surface area contributed by atoms with Gasteiger partial charge in [-0.15, -0.1) is 0 Å². The number of ether oxygens (including phenoxy) is 3. The summed E-state index contributed by atoms with van der Waals surface area (Å²) in [6.07, 6.45) is 0. The first-order valence-corrected chi connectivity index (χ1v) is 5.87. The Morgan fingerprint density at radius 2 is 2.05 bits per heavy atom. The van der Waals surface area contributed by atoms with Crippen molar-refractivity contribution in [3.8, 4) is 23.3 Å². The van der Waals surface area contributed by atoms with Crippen molar-refractivity contribution in [2.75, 3.05) is 6.79 Å². The Bertz CT molecular complexity index is 616. The molecule has 1 aliphatic heterocycles. The molecule has 0 aliphatic carbocycles. The first-order valence-electron chi connectivity index (χ1n) is 5.87. The summed E-state index contributed by atoms with van der Waals surface area (Å²) in [6.45, 7) is 2.45. The topological polar surface area (TPSA) is 79.5 Å². The quantitative estimate of drug-likeness (QED) is 0.904. The monoisotopic (exact) mass is 259 g/mol. The van der Waals surface area contributed by atoms with E-state index >= 15 is 0 Å². The standard InChI is InChI=1S/C13H13N3O3/c1-8-4-9(6-14)16-13(15-8)19-10-2-3-11-12(5-10)18-7-17-11/h2-5H,6-7,14H2,1H3. The minimum Gasteiger partial charge on any atom is -0.454 e. The largest absolute Gasteiger partial charge is 0.454 e. The molecular formula is C13H13N3O3. The summed E-state index contributed by atoms with van der Waals surface area (Å²) < 4.78 is 16.1. The molecule has 0 radical (unpaired) electrons. The molecule has 19 heavy (non-hydrogen) atoms. The van der Waals surface area contributed by atoms with Gasteiger partial charge in [-0.05, 0) is 25.1 Å². The van der Waals surface area contributed by atoms with E-state index in [1.54, 1.807) is 18.2 Å². The molecule has 0 amide bonds. The summed E-state index contributed by atoms with van der Waals surface area (Å²) in [4.78, 5) is 8.42. The molecule has 0 saturated carbocycles. The molecule has 0 atom stereocenters. The van der Waals surface area contributed by atoms with Gasteiger partial charge in [-0.2, -0.15) is 4.98 Å². The molecule has 2 aromatic rings. The molecule has 0 fully saturated rings. The van der Waals surface area contributed by atoms with E-state index in [0.29, 0.717) is 23.8 Å². The summed E-state index contributed by atoms with van der Waals surface area (Å²) in [5.74, 6) is 1.96. The molecular weight excluding hydrogens is 246 g/mol. The van der Waals surface area contributed by atoms with Gasteiger partial charge in [0, 0.05) is 18.3 Å². The number of fused-ring (bicyclic) bond motifs is 1. The average Bonchev–Trinajstić information content (AvgIpc) is 2.85. The summed E-state index contributed by atoms with van der Waals surface area (Å²) in [5, 5.41) is 0. The van der Waals surface area contributed by atoms with E-state index in [-0.39, 0.29) is 12.8 Å². The van der Waals surface area contributed by atoms with Crippen molar-refractivity contribution in [1.29, 1.82) is 0 Å². The van der Waals surface area contributed by atoms with Gasteiger partial charge in [0.15, 0.2) is 11.5 Å². The molecule has 2 N–H and O–H groups in total. The van der Waals surface area contributed by atoms with E-state index in [2.05, 4.69) is 9.97 Å². The van der Waals surface area contributed by atoms with Crippen molar-refractivity contribution < 1.29 is 14.2 Å². The highest BCUT2D eigenvalue weighted by Gasteiger charge is 2.14. The molecule has 6 nitrogen and oxygen atoms in total. The second kappa shape index (κ2) is 4.74. The van der Waals surface area contributed by atoms with Gasteiger partial charge >= 0.3 is 6.01 Å². The summed E-state index contributed by atoms with van der Waals surface area (Å²) in [5.41, 5.74) is 7.12. The van der Waals surface area contributed by atoms with Crippen LogP contribution in [0, 0.1) is 6.92 Å². The van der Waals surface area contributed by atoms with Gasteiger partial charge in [0.2, 0.25) is 6.79 Å². The lowest BCUT2D eigenvalue weighted by molar-refractivity contribution is 0.174. The van der Waals surface area contributed by atoms with E-state index in [9.17, 15) is 0 Å². The van der Waals surface area contributed by atoms with Gasteiger partial charge in [0.05, 0.1) is 5.69 Å². The molecule has 0 spiro atoms. The lowest BCUT2D eigenvalue weighted by Crippen LogP contribution is -2.03. The van der Waals surface area contributed by atoms with Crippen LogP contribution in [0.1, 0.15) is 11.4 Å². The van der Waals surface area contributed by atoms with Crippen LogP contribution in [0.3, 0.4) is 0 Å². The zero-order valence-electron chi connectivity index (χ0n) is 10.4. The van der Waals surface area contributed by atoms with Crippen LogP contribution in [0.25, 0.3) is 0 Å². The smallest absolute Gasteiger partial charge is 0.322 e. The predicted molar refractivity (Wildman–Crippen MR) is 67.3 cm³/mol. The summed E-state index contributed by atoms with van der Waals surface area (Å²) in [7, 11) is 0. The highest BCUT2D eigenvalue weighted by atomic mass is 16.7. The van der Waals surface area contributed by atoms with Gasteiger partial charge in [-0.25, -0.2) is 4.98 Å². The van der Waals surface area contributed by atoms with Crippen molar-refractivity contribution in [2.45, 2.75) is 13.5 Å². The normalized spacial score (nSPS) is 12.5. The van der Waals surface area contributed by atoms with Crippen LogP contribution in [0.5, 0.6) is 23.3 Å². The third kappa shape index (κ3) is 2.43. The number of hydrogen-bond donors (Lipinski definition) is 1. The molecule has 1 aromatic carbocycles. The van der Waals surface area contributed by atoms with Crippen molar-refractivity contribution in [1.82, 2.24) is 9.97 Å². The average molecular weight is 259 g/mol. The van der Waals surface area contributed by atoms with Crippen LogP contribution >= 0.6 is 0 Å². The SMILES string of the molecule is Cc1cc(CN)nc(Oc2ccc3c(c2)OCO3)n1. The van der Waals surface area contributed by atoms with Gasteiger partial charge in [-0.3, -0.25) is 0 Å². The molecule has 0 saturated heterocycles. The Hall–Kier alpha value is -2.34. The van der Waals surface area contributed by atoms with Gasteiger partial charge in [0.1, 0.15) is 5.75 Å². The van der Waals surface area contributed by atoms with Crippen LogP contribution in [-0.2, 0) is 6.54 Å². The van der Waals surface area contributed by atoms with Crippen molar-refractivity contribution >= 4 is 0 Å². The van der Waals surface area contributed by atoms with Crippen LogP contribution in [0.2, 0.25) is 0 Å². The maximum atomic E-state index is 5.61. The molecule has 98 valence electrons. The van der Waals surface area contributed by atoms with E-state index in [4.69, 9.17) is 19.9 Å². The lowest BCUT2D eigenvalue weighted by Gasteiger charge is -2.06. The van der Waals surface area contributed by atoms with Gasteiger partial charge < -0.3 is 19.9 Å². The number of aromatic nitrogens is 2. The number of benzene rings is 1. The third-order valence-corrected chi connectivity index (χ3v) is 2.65. The number of nitrogens with zero attached hydrogens (tertiary/aromatic N) is 2. The van der Waals surface area contributed by atoms with Crippen LogP contribution in [0.15, 0.2) is 24.3 Å². The fourth-order valence-electron chi connectivity index (χ4n) is 1.80. The number of hydrogen-bond acceptors (Lipinski definition) is 6. The fourth-order valence-corrected chi connectivity index (χ4v) is 1.80. The molecule has 0 unspecified atom stereocenters. The van der Waals surface area contributed by atoms with E-state index in [0.717, 1.165) is 11.4 Å². The second-order valence-electron chi connectivity index (χ2n) is 4.10. The van der Waals surface area contributed by atoms with E-state index in [1.807, 2.05) is 13.0 Å². The van der Waals surface area contributed by atoms with Gasteiger partial charge in [0.25, 0.3) is 0 Å². The number of aryl methyl sites for hydroxylation is 1. The van der Waals surface area contributed by atoms with Crippen molar-refractivity contribution in [3.05, 3.63) is 35.7 Å². The lowest BCUT2D eigenvalue weighted by atomic mass is 10.3. The summed E-state index contributed by atoms with van der Waals surface area (Å²) in [6, 6.07) is 7.42. The molecule has 2 heterocycles. The highest BCUT2D eigenvalue weighted by Crippen LogP contribution is 2.36. The zero-order chi connectivity index (χ0) is 13.2. The van der Waals surface area contributed by atoms with Crippen LogP contribution in [-0.4, -0.2) is 16.8 Å². The number of nitrogens with two attached hydrogens (primary N) is 1. The predicted octanol–water partition coefficient (Wildman–Crippen LogP) is 1.76. The highest BCUT2D eigenvalue weighted by molar-refractivity contribution is 5.47. The molecule has 6 heteroatoms. The van der Waals surface area contributed by atoms with Gasteiger partial charge in [-0.1, -0.05) is 0 Å². The van der Waals surface area contributed by atoms with Crippen molar-refractivity contribution in [2.24, 2.45) is 5.73 Å². The third-order valence-electron chi connectivity index (χ3n) is 2.65. The maximum absolute atomic E-state index is 5.61. The molecule has 3 rings (SSSR count). The van der Waals surface area contributed by atoms with E-state index < -0.39 is 0 Å². The molecule has 1 aliphatic rings. The number of rotatable bonds is 3. The Balaban J connectivity index is 1.86. The summed E-state index contributed by atoms with van der Waals surface area (Å²) >= 11 is 0. The Morgan fingerprint density at radius 1 is 1.21 bits per heavy atom. The minimum atomic E-state index is 0.233. The Kier molecular flexibility index (Phi) is 2.92.